The van der Waals surface area contributed by atoms with Crippen molar-refractivity contribution in [3.63, 3.8) is 0 Å². The molecule has 8 nitrogen and oxygen atoms in total. The summed E-state index contributed by atoms with van der Waals surface area (Å²) in [5.74, 6) is -0.136. The lowest BCUT2D eigenvalue weighted by molar-refractivity contribution is -0.114. The van der Waals surface area contributed by atoms with Crippen molar-refractivity contribution in [1.82, 2.24) is 4.90 Å². The summed E-state index contributed by atoms with van der Waals surface area (Å²) < 4.78 is 17.3. The number of amides is 2. The lowest BCUT2D eigenvalue weighted by atomic mass is 10.0. The van der Waals surface area contributed by atoms with Crippen LogP contribution in [0, 0.1) is 0 Å². The van der Waals surface area contributed by atoms with E-state index in [1.165, 1.54) is 6.08 Å². The monoisotopic (exact) mass is 536 g/mol. The first-order valence-electron chi connectivity index (χ1n) is 13.1. The number of allylic oxidation sites excluding steroid dienone is 1. The van der Waals surface area contributed by atoms with Crippen molar-refractivity contribution < 1.29 is 28.6 Å². The Kier molecular flexibility index (Phi) is 8.91. The normalized spacial score (nSPS) is 19.1. The van der Waals surface area contributed by atoms with Gasteiger partial charge in [-0.1, -0.05) is 48.5 Å². The van der Waals surface area contributed by atoms with Gasteiger partial charge in [-0.25, -0.2) is 9.59 Å². The van der Waals surface area contributed by atoms with Crippen LogP contribution in [0.4, 0.5) is 15.3 Å². The summed E-state index contributed by atoms with van der Waals surface area (Å²) in [4.78, 5) is 39.7. The fourth-order valence-corrected chi connectivity index (χ4v) is 4.27. The van der Waals surface area contributed by atoms with Crippen LogP contribution in [-0.4, -0.2) is 45.8 Å². The molecule has 1 N–H and O–H groups in total. The van der Waals surface area contributed by atoms with Gasteiger partial charge >= 0.3 is 12.2 Å². The molecule has 0 spiro atoms. The molecule has 1 heterocycles. The van der Waals surface area contributed by atoms with Crippen LogP contribution in [0.5, 0.6) is 0 Å². The first-order valence-corrected chi connectivity index (χ1v) is 13.1. The van der Waals surface area contributed by atoms with Gasteiger partial charge in [-0.05, 0) is 84.7 Å². The van der Waals surface area contributed by atoms with Gasteiger partial charge < -0.3 is 14.2 Å². The molecule has 8 heteroatoms. The maximum atomic E-state index is 13.3. The zero-order chi connectivity index (χ0) is 29.0. The van der Waals surface area contributed by atoms with Gasteiger partial charge in [0.1, 0.15) is 23.0 Å². The molecule has 0 aromatic heterocycles. The average Bonchev–Trinajstić information content (AvgIpc) is 3.07. The Hall–Kier alpha value is -3.65. The van der Waals surface area contributed by atoms with Crippen LogP contribution in [0.2, 0.25) is 0 Å². The predicted molar refractivity (Wildman–Crippen MR) is 150 cm³/mol. The Labute approximate surface area is 231 Å². The van der Waals surface area contributed by atoms with E-state index in [0.29, 0.717) is 5.69 Å². The Morgan fingerprint density at radius 1 is 0.923 bits per heavy atom. The molecule has 0 radical (unpaired) electrons. The number of carbonyl (C=O) groups excluding carboxylic acids is 3. The second-order valence-corrected chi connectivity index (χ2v) is 12.1. The van der Waals surface area contributed by atoms with Gasteiger partial charge in [0.15, 0.2) is 5.78 Å². The third kappa shape index (κ3) is 8.68. The quantitative estimate of drug-likeness (QED) is 0.408. The smallest absolute Gasteiger partial charge is 0.413 e. The van der Waals surface area contributed by atoms with Gasteiger partial charge in [-0.3, -0.25) is 15.0 Å². The molecule has 210 valence electrons. The lowest BCUT2D eigenvalue weighted by Crippen LogP contribution is -2.49. The highest BCUT2D eigenvalue weighted by Gasteiger charge is 2.50. The molecule has 2 amide bonds. The van der Waals surface area contributed by atoms with E-state index in [-0.39, 0.29) is 12.2 Å². The Balaban J connectivity index is 1.76. The number of hydrogen-bond donors (Lipinski definition) is 1. The van der Waals surface area contributed by atoms with Crippen LogP contribution in [0.3, 0.4) is 0 Å². The minimum Gasteiger partial charge on any atom is -0.444 e. The van der Waals surface area contributed by atoms with E-state index >= 15 is 0 Å². The Morgan fingerprint density at radius 2 is 1.51 bits per heavy atom. The van der Waals surface area contributed by atoms with Crippen LogP contribution in [0.25, 0.3) is 0 Å². The van der Waals surface area contributed by atoms with E-state index in [2.05, 4.69) is 5.32 Å². The molecule has 1 saturated heterocycles. The molecule has 2 atom stereocenters. The van der Waals surface area contributed by atoms with E-state index in [1.807, 2.05) is 65.0 Å². The Bertz CT molecular complexity index is 1190. The third-order valence-corrected chi connectivity index (χ3v) is 5.78. The van der Waals surface area contributed by atoms with Gasteiger partial charge in [0.2, 0.25) is 0 Å². The zero-order valence-corrected chi connectivity index (χ0v) is 24.1. The predicted octanol–water partition coefficient (Wildman–Crippen LogP) is 6.81. The average molecular weight is 537 g/mol. The lowest BCUT2D eigenvalue weighted by Gasteiger charge is -2.34. The number of nitrogens with one attached hydrogen (secondary N) is 1. The van der Waals surface area contributed by atoms with E-state index in [1.54, 1.807) is 56.0 Å². The number of ether oxygens (including phenoxy) is 3. The van der Waals surface area contributed by atoms with Crippen LogP contribution >= 0.6 is 0 Å². The van der Waals surface area contributed by atoms with Crippen molar-refractivity contribution in [3.05, 3.63) is 77.9 Å². The molecule has 2 aromatic carbocycles. The summed E-state index contributed by atoms with van der Waals surface area (Å²) in [7, 11) is 0. The van der Waals surface area contributed by atoms with Crippen LogP contribution in [0.15, 0.2) is 66.7 Å². The van der Waals surface area contributed by atoms with E-state index in [0.717, 1.165) is 11.1 Å². The van der Waals surface area contributed by atoms with Crippen molar-refractivity contribution in [2.45, 2.75) is 90.9 Å². The summed E-state index contributed by atoms with van der Waals surface area (Å²) in [5.41, 5.74) is 0.00333. The maximum Gasteiger partial charge on any atom is 0.413 e. The first-order chi connectivity index (χ1) is 18.0. The molecule has 3 rings (SSSR count). The number of rotatable bonds is 6. The molecule has 2 aromatic rings. The summed E-state index contributed by atoms with van der Waals surface area (Å²) in [6.07, 6.45) is 1.84. The summed E-state index contributed by atoms with van der Waals surface area (Å²) >= 11 is 0. The fraction of sp³-hybridized carbons (Fsp3) is 0.452. The number of anilines is 1. The molecule has 0 bridgehead atoms. The summed E-state index contributed by atoms with van der Waals surface area (Å²) in [6, 6.07) is 16.1. The highest BCUT2D eigenvalue weighted by molar-refractivity contribution is 5.92. The summed E-state index contributed by atoms with van der Waals surface area (Å²) in [6.45, 7) is 14.4. The maximum absolute atomic E-state index is 13.3. The highest BCUT2D eigenvalue weighted by atomic mass is 16.6. The molecule has 1 aliphatic heterocycles. The molecule has 0 aliphatic carbocycles. The molecular formula is C31H40N2O6. The van der Waals surface area contributed by atoms with E-state index in [9.17, 15) is 14.4 Å². The van der Waals surface area contributed by atoms with Crippen LogP contribution in [-0.2, 0) is 25.4 Å². The molecule has 1 fully saturated rings. The largest absolute Gasteiger partial charge is 0.444 e. The zero-order valence-electron chi connectivity index (χ0n) is 24.1. The van der Waals surface area contributed by atoms with Gasteiger partial charge in [-0.15, -0.1) is 0 Å². The third-order valence-electron chi connectivity index (χ3n) is 5.78. The van der Waals surface area contributed by atoms with Crippen molar-refractivity contribution in [2.75, 3.05) is 5.32 Å². The Morgan fingerprint density at radius 3 is 2.08 bits per heavy atom. The second-order valence-electron chi connectivity index (χ2n) is 12.1. The minimum absolute atomic E-state index is 0.136. The number of carbonyl (C=O) groups is 3. The van der Waals surface area contributed by atoms with Gasteiger partial charge in [0.25, 0.3) is 0 Å². The molecule has 0 saturated carbocycles. The van der Waals surface area contributed by atoms with E-state index < -0.39 is 41.3 Å². The number of ketones is 1. The van der Waals surface area contributed by atoms with Crippen molar-refractivity contribution in [1.29, 1.82) is 0 Å². The second kappa shape index (κ2) is 11.6. The minimum atomic E-state index is -0.960. The summed E-state index contributed by atoms with van der Waals surface area (Å²) in [5, 5.41) is 2.68. The molecule has 1 aliphatic rings. The number of benzene rings is 2. The van der Waals surface area contributed by atoms with Crippen LogP contribution < -0.4 is 5.32 Å². The first kappa shape index (κ1) is 29.9. The topological polar surface area (TPSA) is 94.2 Å². The molecule has 39 heavy (non-hydrogen) atoms. The fourth-order valence-electron chi connectivity index (χ4n) is 4.27. The van der Waals surface area contributed by atoms with Crippen molar-refractivity contribution in [3.8, 4) is 0 Å². The molecular weight excluding hydrogens is 496 g/mol. The van der Waals surface area contributed by atoms with Crippen LogP contribution in [0.1, 0.15) is 72.6 Å². The number of hydrogen-bond acceptors (Lipinski definition) is 6. The number of nitrogens with zero attached hydrogens (tertiary/aromatic N) is 1. The van der Waals surface area contributed by atoms with Gasteiger partial charge in [-0.2, -0.15) is 0 Å². The highest BCUT2D eigenvalue weighted by Crippen LogP contribution is 2.42. The van der Waals surface area contributed by atoms with Gasteiger partial charge in [0.05, 0.1) is 6.04 Å². The van der Waals surface area contributed by atoms with Gasteiger partial charge in [0, 0.05) is 12.1 Å². The van der Waals surface area contributed by atoms with E-state index in [4.69, 9.17) is 14.2 Å². The SMILES string of the molecule is CC(C)(C)OC(=O)Nc1ccc(CC(=O)C=C[C@@H]2[C@@H](c3ccccc3)OC(C)(C)N2C(=O)OC(C)(C)C)cc1. The standard InChI is InChI=1S/C31H40N2O6/c1-29(2,3)38-27(35)32-23-16-14-21(15-17-23)20-24(34)18-19-25-26(22-12-10-9-11-13-22)37-31(7,8)33(25)28(36)39-30(4,5)6/h9-19,25-26H,20H2,1-8H3,(H,32,35)/t25-,26-/m1/s1. The van der Waals surface area contributed by atoms with Crippen molar-refractivity contribution >= 4 is 23.7 Å². The molecule has 0 unspecified atom stereocenters. The van der Waals surface area contributed by atoms with Crippen molar-refractivity contribution in [2.24, 2.45) is 0 Å².